The average molecular weight is 316 g/mol. The Labute approximate surface area is 126 Å². The first-order chi connectivity index (χ1) is 9.18. The van der Waals surface area contributed by atoms with Gasteiger partial charge in [-0.25, -0.2) is 12.7 Å². The molecule has 1 saturated carbocycles. The predicted molar refractivity (Wildman–Crippen MR) is 83.5 cm³/mol. The van der Waals surface area contributed by atoms with Gasteiger partial charge in [0.1, 0.15) is 0 Å². The summed E-state index contributed by atoms with van der Waals surface area (Å²) in [7, 11) is -1.71. The summed E-state index contributed by atoms with van der Waals surface area (Å²) in [6.07, 6.45) is 2.48. The van der Waals surface area contributed by atoms with E-state index in [0.29, 0.717) is 17.5 Å². The molecule has 114 valence electrons. The number of nitrogens with one attached hydrogen (secondary N) is 1. The largest absolute Gasteiger partial charge is 0.309 e. The van der Waals surface area contributed by atoms with Gasteiger partial charge in [-0.3, -0.25) is 0 Å². The van der Waals surface area contributed by atoms with Crippen LogP contribution in [-0.2, 0) is 16.6 Å². The van der Waals surface area contributed by atoms with Crippen molar-refractivity contribution in [3.8, 4) is 0 Å². The van der Waals surface area contributed by atoms with E-state index in [4.69, 9.17) is 0 Å². The van der Waals surface area contributed by atoms with E-state index in [9.17, 15) is 8.42 Å². The molecule has 6 heteroatoms. The lowest BCUT2D eigenvalue weighted by Crippen LogP contribution is -2.34. The zero-order valence-electron chi connectivity index (χ0n) is 12.6. The van der Waals surface area contributed by atoms with E-state index >= 15 is 0 Å². The molecule has 0 amide bonds. The molecule has 0 aliphatic heterocycles. The summed E-state index contributed by atoms with van der Waals surface area (Å²) in [4.78, 5) is 1.50. The summed E-state index contributed by atoms with van der Waals surface area (Å²) >= 11 is 1.51. The zero-order chi connectivity index (χ0) is 15.0. The minimum absolute atomic E-state index is 0.0474. The molecule has 0 spiro atoms. The Kier molecular flexibility index (Phi) is 4.59. The molecule has 1 aromatic heterocycles. The smallest absolute Gasteiger partial charge is 0.243 e. The van der Waals surface area contributed by atoms with Crippen molar-refractivity contribution >= 4 is 21.4 Å². The van der Waals surface area contributed by atoms with Crippen molar-refractivity contribution in [2.45, 2.75) is 51.1 Å². The maximum atomic E-state index is 12.5. The van der Waals surface area contributed by atoms with Gasteiger partial charge < -0.3 is 5.32 Å². The van der Waals surface area contributed by atoms with Crippen LogP contribution < -0.4 is 5.32 Å². The van der Waals surface area contributed by atoms with Crippen LogP contribution in [0, 0.1) is 5.41 Å². The third-order valence-corrected chi connectivity index (χ3v) is 6.04. The maximum Gasteiger partial charge on any atom is 0.243 e. The van der Waals surface area contributed by atoms with E-state index in [1.165, 1.54) is 28.5 Å². The molecule has 1 aromatic rings. The maximum absolute atomic E-state index is 12.5. The van der Waals surface area contributed by atoms with Crippen molar-refractivity contribution in [3.63, 3.8) is 0 Å². The lowest BCUT2D eigenvalue weighted by Gasteiger charge is -2.25. The van der Waals surface area contributed by atoms with Gasteiger partial charge in [-0.05, 0) is 24.3 Å². The van der Waals surface area contributed by atoms with Gasteiger partial charge in [0, 0.05) is 36.4 Å². The van der Waals surface area contributed by atoms with Gasteiger partial charge in [-0.15, -0.1) is 11.3 Å². The van der Waals surface area contributed by atoms with Crippen LogP contribution in [0.15, 0.2) is 16.3 Å². The lowest BCUT2D eigenvalue weighted by atomic mass is 9.97. The summed E-state index contributed by atoms with van der Waals surface area (Å²) in [5.74, 6) is 0. The molecule has 0 atom stereocenters. The first kappa shape index (κ1) is 15.9. The van der Waals surface area contributed by atoms with Crippen LogP contribution in [0.4, 0.5) is 0 Å². The minimum atomic E-state index is -3.36. The monoisotopic (exact) mass is 316 g/mol. The first-order valence-electron chi connectivity index (χ1n) is 6.96. The van der Waals surface area contributed by atoms with Crippen LogP contribution >= 0.6 is 11.3 Å². The van der Waals surface area contributed by atoms with E-state index in [-0.39, 0.29) is 5.41 Å². The predicted octanol–water partition coefficient (Wildman–Crippen LogP) is 2.67. The number of rotatable bonds is 6. The topological polar surface area (TPSA) is 49.4 Å². The van der Waals surface area contributed by atoms with E-state index in [1.54, 1.807) is 18.5 Å². The van der Waals surface area contributed by atoms with Crippen LogP contribution in [0.1, 0.15) is 38.5 Å². The molecule has 20 heavy (non-hydrogen) atoms. The second-order valence-electron chi connectivity index (χ2n) is 6.73. The average Bonchev–Trinajstić information content (AvgIpc) is 3.01. The van der Waals surface area contributed by atoms with Crippen molar-refractivity contribution in [3.05, 3.63) is 16.3 Å². The van der Waals surface area contributed by atoms with Gasteiger partial charge in [-0.2, -0.15) is 0 Å². The Bertz CT molecular complexity index is 554. The van der Waals surface area contributed by atoms with E-state index in [1.807, 2.05) is 20.8 Å². The molecule has 4 nitrogen and oxygen atoms in total. The van der Waals surface area contributed by atoms with Gasteiger partial charge in [0.05, 0.1) is 4.90 Å². The van der Waals surface area contributed by atoms with Crippen molar-refractivity contribution in [1.82, 2.24) is 9.62 Å². The summed E-state index contributed by atoms with van der Waals surface area (Å²) in [6, 6.07) is 2.44. The fourth-order valence-corrected chi connectivity index (χ4v) is 4.66. The summed E-state index contributed by atoms with van der Waals surface area (Å²) in [5, 5.41) is 5.16. The van der Waals surface area contributed by atoms with Gasteiger partial charge in [0.15, 0.2) is 0 Å². The van der Waals surface area contributed by atoms with Crippen molar-refractivity contribution in [2.75, 3.05) is 13.6 Å². The molecular weight excluding hydrogens is 292 g/mol. The third kappa shape index (κ3) is 4.28. The van der Waals surface area contributed by atoms with Gasteiger partial charge in [0.2, 0.25) is 10.0 Å². The second-order valence-corrected chi connectivity index (χ2v) is 9.77. The van der Waals surface area contributed by atoms with Crippen LogP contribution in [0.25, 0.3) is 0 Å². The normalized spacial score (nSPS) is 16.9. The molecule has 0 radical (unpaired) electrons. The highest BCUT2D eigenvalue weighted by atomic mass is 32.2. The lowest BCUT2D eigenvalue weighted by molar-refractivity contribution is 0.311. The van der Waals surface area contributed by atoms with Crippen molar-refractivity contribution in [2.24, 2.45) is 5.41 Å². The molecule has 1 fully saturated rings. The summed E-state index contributed by atoms with van der Waals surface area (Å²) < 4.78 is 26.4. The van der Waals surface area contributed by atoms with Crippen molar-refractivity contribution < 1.29 is 8.42 Å². The number of thiophene rings is 1. The molecule has 0 unspecified atom stereocenters. The fourth-order valence-electron chi connectivity index (χ4n) is 2.05. The van der Waals surface area contributed by atoms with Crippen LogP contribution in [0.5, 0.6) is 0 Å². The zero-order valence-corrected chi connectivity index (χ0v) is 14.3. The van der Waals surface area contributed by atoms with Crippen LogP contribution in [0.2, 0.25) is 0 Å². The highest BCUT2D eigenvalue weighted by Crippen LogP contribution is 2.26. The quantitative estimate of drug-likeness (QED) is 0.878. The fraction of sp³-hybridized carbons (Fsp3) is 0.714. The van der Waals surface area contributed by atoms with Gasteiger partial charge in [0.25, 0.3) is 0 Å². The number of hydrogen-bond donors (Lipinski definition) is 1. The van der Waals surface area contributed by atoms with Crippen LogP contribution in [-0.4, -0.2) is 32.4 Å². The number of nitrogens with zero attached hydrogens (tertiary/aromatic N) is 1. The van der Waals surface area contributed by atoms with Crippen molar-refractivity contribution in [1.29, 1.82) is 0 Å². The van der Waals surface area contributed by atoms with E-state index in [2.05, 4.69) is 5.32 Å². The Morgan fingerprint density at radius 3 is 2.60 bits per heavy atom. The van der Waals surface area contributed by atoms with Gasteiger partial charge in [-0.1, -0.05) is 20.8 Å². The molecule has 1 aliphatic rings. The van der Waals surface area contributed by atoms with Crippen LogP contribution in [0.3, 0.4) is 0 Å². The summed E-state index contributed by atoms with van der Waals surface area (Å²) in [6.45, 7) is 7.40. The molecule has 0 saturated heterocycles. The molecule has 1 N–H and O–H groups in total. The molecular formula is C14H24N2O2S2. The van der Waals surface area contributed by atoms with Gasteiger partial charge >= 0.3 is 0 Å². The first-order valence-corrected chi connectivity index (χ1v) is 9.27. The number of hydrogen-bond acceptors (Lipinski definition) is 4. The minimum Gasteiger partial charge on any atom is -0.309 e. The van der Waals surface area contributed by atoms with E-state index in [0.717, 1.165) is 11.4 Å². The Morgan fingerprint density at radius 2 is 2.05 bits per heavy atom. The molecule has 2 rings (SSSR count). The molecule has 0 bridgehead atoms. The Morgan fingerprint density at radius 1 is 1.40 bits per heavy atom. The highest BCUT2D eigenvalue weighted by molar-refractivity contribution is 7.89. The standard InChI is InChI=1S/C14H24N2O2S2/c1-14(2,3)10-16(4)20(17,18)13-7-12(19-9-13)8-15-11-5-6-11/h7,9,11,15H,5-6,8,10H2,1-4H3. The third-order valence-electron chi connectivity index (χ3n) is 3.18. The van der Waals surface area contributed by atoms with E-state index < -0.39 is 10.0 Å². The second kappa shape index (κ2) is 5.75. The Balaban J connectivity index is 2.04. The molecule has 1 aliphatic carbocycles. The highest BCUT2D eigenvalue weighted by Gasteiger charge is 2.26. The molecule has 1 heterocycles. The summed E-state index contributed by atoms with van der Waals surface area (Å²) in [5.41, 5.74) is -0.0474. The molecule has 0 aromatic carbocycles. The SMILES string of the molecule is CN(CC(C)(C)C)S(=O)(=O)c1csc(CNC2CC2)c1. The Hall–Kier alpha value is -0.430. The number of sulfonamides is 1.